The van der Waals surface area contributed by atoms with Gasteiger partial charge in [-0.15, -0.1) is 0 Å². The lowest BCUT2D eigenvalue weighted by Crippen LogP contribution is -2.12. The molecule has 0 bridgehead atoms. The van der Waals surface area contributed by atoms with Crippen molar-refractivity contribution in [1.29, 1.82) is 0 Å². The van der Waals surface area contributed by atoms with E-state index in [0.29, 0.717) is 6.54 Å². The first-order chi connectivity index (χ1) is 9.33. The van der Waals surface area contributed by atoms with E-state index in [2.05, 4.69) is 25.3 Å². The number of nitrogens with one attached hydrogen (secondary N) is 1. The minimum atomic E-state index is 0.650. The molecule has 0 fully saturated rings. The molecule has 0 spiro atoms. The van der Waals surface area contributed by atoms with Gasteiger partial charge in [0.2, 0.25) is 0 Å². The predicted octanol–water partition coefficient (Wildman–Crippen LogP) is 2.07. The van der Waals surface area contributed by atoms with E-state index in [1.54, 1.807) is 18.7 Å². The average molecular weight is 255 g/mol. The number of nitrogens with zero attached hydrogens (tertiary/aromatic N) is 4. The smallest absolute Gasteiger partial charge is 0.133 e. The first-order valence-electron chi connectivity index (χ1n) is 6.67. The molecule has 0 amide bonds. The number of anilines is 1. The molecular weight excluding hydrogens is 238 g/mol. The fourth-order valence-corrected chi connectivity index (χ4v) is 2.36. The standard InChI is InChI=1S/C14H17N5/c1-10-6-16-11(7-15-10)8-17-14-12-4-2-3-5-13(12)18-9-19-14/h6-7,9H,2-5,8H2,1H3,(H,17,18,19). The van der Waals surface area contributed by atoms with Crippen molar-refractivity contribution in [2.75, 3.05) is 5.32 Å². The van der Waals surface area contributed by atoms with E-state index in [1.807, 2.05) is 6.92 Å². The summed E-state index contributed by atoms with van der Waals surface area (Å²) in [7, 11) is 0. The van der Waals surface area contributed by atoms with Gasteiger partial charge in [-0.3, -0.25) is 9.97 Å². The molecule has 0 radical (unpaired) electrons. The van der Waals surface area contributed by atoms with Crippen molar-refractivity contribution in [1.82, 2.24) is 19.9 Å². The van der Waals surface area contributed by atoms with Crippen LogP contribution in [0.2, 0.25) is 0 Å². The summed E-state index contributed by atoms with van der Waals surface area (Å²) in [5, 5.41) is 3.35. The topological polar surface area (TPSA) is 63.6 Å². The van der Waals surface area contributed by atoms with Crippen LogP contribution in [0.4, 0.5) is 5.82 Å². The van der Waals surface area contributed by atoms with Gasteiger partial charge in [-0.05, 0) is 32.6 Å². The lowest BCUT2D eigenvalue weighted by Gasteiger charge is -2.17. The highest BCUT2D eigenvalue weighted by Crippen LogP contribution is 2.24. The van der Waals surface area contributed by atoms with Gasteiger partial charge in [-0.1, -0.05) is 0 Å². The SMILES string of the molecule is Cc1cnc(CNc2ncnc3c2CCCC3)cn1. The van der Waals surface area contributed by atoms with Crippen molar-refractivity contribution in [2.24, 2.45) is 0 Å². The van der Waals surface area contributed by atoms with Crippen LogP contribution in [0.3, 0.4) is 0 Å². The Bertz CT molecular complexity index is 565. The molecule has 1 aliphatic rings. The summed E-state index contributed by atoms with van der Waals surface area (Å²) in [6.07, 6.45) is 9.82. The lowest BCUT2D eigenvalue weighted by molar-refractivity contribution is 0.663. The number of hydrogen-bond donors (Lipinski definition) is 1. The average Bonchev–Trinajstić information content (AvgIpc) is 2.47. The van der Waals surface area contributed by atoms with Crippen molar-refractivity contribution in [3.8, 4) is 0 Å². The quantitative estimate of drug-likeness (QED) is 0.909. The molecule has 0 atom stereocenters. The largest absolute Gasteiger partial charge is 0.364 e. The van der Waals surface area contributed by atoms with E-state index in [9.17, 15) is 0 Å². The van der Waals surface area contributed by atoms with Gasteiger partial charge < -0.3 is 5.32 Å². The highest BCUT2D eigenvalue weighted by atomic mass is 15.0. The van der Waals surface area contributed by atoms with E-state index in [4.69, 9.17) is 0 Å². The van der Waals surface area contributed by atoms with Crippen LogP contribution in [0.1, 0.15) is 35.5 Å². The first kappa shape index (κ1) is 12.0. The van der Waals surface area contributed by atoms with Crippen LogP contribution in [-0.4, -0.2) is 19.9 Å². The van der Waals surface area contributed by atoms with Crippen molar-refractivity contribution in [3.05, 3.63) is 41.4 Å². The molecule has 2 heterocycles. The Hall–Kier alpha value is -2.04. The van der Waals surface area contributed by atoms with Crippen LogP contribution in [0.25, 0.3) is 0 Å². The number of rotatable bonds is 3. The highest BCUT2D eigenvalue weighted by molar-refractivity contribution is 5.47. The van der Waals surface area contributed by atoms with Gasteiger partial charge in [0.1, 0.15) is 12.1 Å². The van der Waals surface area contributed by atoms with Crippen molar-refractivity contribution in [2.45, 2.75) is 39.2 Å². The van der Waals surface area contributed by atoms with Gasteiger partial charge in [0.25, 0.3) is 0 Å². The van der Waals surface area contributed by atoms with E-state index in [0.717, 1.165) is 30.0 Å². The Morgan fingerprint density at radius 2 is 1.95 bits per heavy atom. The van der Waals surface area contributed by atoms with Gasteiger partial charge in [-0.2, -0.15) is 0 Å². The minimum Gasteiger partial charge on any atom is -0.364 e. The maximum atomic E-state index is 4.37. The fraction of sp³-hybridized carbons (Fsp3) is 0.429. The molecule has 0 saturated carbocycles. The number of aromatic nitrogens is 4. The first-order valence-corrected chi connectivity index (χ1v) is 6.67. The van der Waals surface area contributed by atoms with Crippen LogP contribution >= 0.6 is 0 Å². The minimum absolute atomic E-state index is 0.650. The van der Waals surface area contributed by atoms with E-state index in [1.165, 1.54) is 24.1 Å². The third-order valence-corrected chi connectivity index (χ3v) is 3.40. The third kappa shape index (κ3) is 2.70. The Balaban J connectivity index is 1.75. The van der Waals surface area contributed by atoms with E-state index in [-0.39, 0.29) is 0 Å². The monoisotopic (exact) mass is 255 g/mol. The summed E-state index contributed by atoms with van der Waals surface area (Å²) in [4.78, 5) is 17.3. The molecular formula is C14H17N5. The zero-order valence-electron chi connectivity index (χ0n) is 11.1. The van der Waals surface area contributed by atoms with Crippen LogP contribution in [-0.2, 0) is 19.4 Å². The van der Waals surface area contributed by atoms with Gasteiger partial charge in [-0.25, -0.2) is 9.97 Å². The molecule has 98 valence electrons. The molecule has 19 heavy (non-hydrogen) atoms. The zero-order valence-corrected chi connectivity index (χ0v) is 11.1. The molecule has 0 saturated heterocycles. The van der Waals surface area contributed by atoms with Crippen molar-refractivity contribution < 1.29 is 0 Å². The molecule has 5 heteroatoms. The molecule has 0 unspecified atom stereocenters. The summed E-state index contributed by atoms with van der Waals surface area (Å²) in [6, 6.07) is 0. The molecule has 3 rings (SSSR count). The van der Waals surface area contributed by atoms with E-state index < -0.39 is 0 Å². The molecule has 1 aliphatic carbocycles. The summed E-state index contributed by atoms with van der Waals surface area (Å²) in [6.45, 7) is 2.59. The second-order valence-electron chi connectivity index (χ2n) is 4.86. The normalized spacial score (nSPS) is 13.9. The van der Waals surface area contributed by atoms with Crippen molar-refractivity contribution >= 4 is 5.82 Å². The van der Waals surface area contributed by atoms with Gasteiger partial charge >= 0.3 is 0 Å². The maximum absolute atomic E-state index is 4.37. The molecule has 2 aromatic heterocycles. The highest BCUT2D eigenvalue weighted by Gasteiger charge is 2.15. The number of aryl methyl sites for hydroxylation is 2. The van der Waals surface area contributed by atoms with Gasteiger partial charge in [0, 0.05) is 17.5 Å². The van der Waals surface area contributed by atoms with E-state index >= 15 is 0 Å². The van der Waals surface area contributed by atoms with Crippen LogP contribution in [0.5, 0.6) is 0 Å². The molecule has 1 N–H and O–H groups in total. The number of fused-ring (bicyclic) bond motifs is 1. The van der Waals surface area contributed by atoms with Gasteiger partial charge in [0.15, 0.2) is 0 Å². The molecule has 2 aromatic rings. The Labute approximate surface area is 112 Å². The fourth-order valence-electron chi connectivity index (χ4n) is 2.36. The second-order valence-corrected chi connectivity index (χ2v) is 4.86. The van der Waals surface area contributed by atoms with Crippen LogP contribution in [0, 0.1) is 6.92 Å². The summed E-state index contributed by atoms with van der Waals surface area (Å²) in [5.41, 5.74) is 4.32. The number of hydrogen-bond acceptors (Lipinski definition) is 5. The summed E-state index contributed by atoms with van der Waals surface area (Å²) >= 11 is 0. The Morgan fingerprint density at radius 3 is 2.79 bits per heavy atom. The van der Waals surface area contributed by atoms with Crippen LogP contribution in [0.15, 0.2) is 18.7 Å². The molecule has 5 nitrogen and oxygen atoms in total. The Morgan fingerprint density at radius 1 is 1.05 bits per heavy atom. The summed E-state index contributed by atoms with van der Waals surface area (Å²) < 4.78 is 0. The second kappa shape index (κ2) is 5.30. The maximum Gasteiger partial charge on any atom is 0.133 e. The Kier molecular flexibility index (Phi) is 3.35. The zero-order chi connectivity index (χ0) is 13.1. The third-order valence-electron chi connectivity index (χ3n) is 3.40. The van der Waals surface area contributed by atoms with Crippen LogP contribution < -0.4 is 5.32 Å². The van der Waals surface area contributed by atoms with Gasteiger partial charge in [0.05, 0.1) is 24.1 Å². The molecule has 0 aliphatic heterocycles. The van der Waals surface area contributed by atoms with Crippen molar-refractivity contribution in [3.63, 3.8) is 0 Å². The predicted molar refractivity (Wildman–Crippen MR) is 72.8 cm³/mol. The summed E-state index contributed by atoms with van der Waals surface area (Å²) in [5.74, 6) is 0.951. The molecule has 0 aromatic carbocycles. The lowest BCUT2D eigenvalue weighted by atomic mass is 9.96.